The van der Waals surface area contributed by atoms with Crippen LogP contribution in [-0.2, 0) is 9.84 Å². The molecule has 0 aliphatic carbocycles. The van der Waals surface area contributed by atoms with Gasteiger partial charge >= 0.3 is 145 Å². The Kier molecular flexibility index (Phi) is 5.10. The molecule has 0 aliphatic rings. The van der Waals surface area contributed by atoms with Gasteiger partial charge in [-0.25, -0.2) is 0 Å². The van der Waals surface area contributed by atoms with Gasteiger partial charge in [0.05, 0.1) is 0 Å². The van der Waals surface area contributed by atoms with Gasteiger partial charge in [-0.3, -0.25) is 0 Å². The third kappa shape index (κ3) is 3.82. The Balaban J connectivity index is 2.31. The molecular formula is C15H13AsF3NO3S. The van der Waals surface area contributed by atoms with E-state index in [1.807, 2.05) is 6.92 Å². The van der Waals surface area contributed by atoms with Crippen LogP contribution in [-0.4, -0.2) is 36.7 Å². The Bertz CT molecular complexity index is 895. The fraction of sp³-hybridized carbons (Fsp3) is 0.133. The zero-order chi connectivity index (χ0) is 18.1. The van der Waals surface area contributed by atoms with E-state index >= 15 is 0 Å². The summed E-state index contributed by atoms with van der Waals surface area (Å²) < 4.78 is 61.6. The molecule has 24 heavy (non-hydrogen) atoms. The quantitative estimate of drug-likeness (QED) is 0.772. The molecule has 0 aromatic heterocycles. The SMILES string of the molecule is Cc1ccc(NC(=O)c2cccc(S(=O)(=O)C(F)(F)F)c2)cc1[AsH2]. The molecule has 0 fully saturated rings. The molecule has 0 spiro atoms. The minimum absolute atomic E-state index is 0.177. The van der Waals surface area contributed by atoms with Gasteiger partial charge in [-0.2, -0.15) is 0 Å². The van der Waals surface area contributed by atoms with Crippen molar-refractivity contribution in [3.05, 3.63) is 53.6 Å². The molecular weight excluding hydrogens is 406 g/mol. The number of benzene rings is 2. The van der Waals surface area contributed by atoms with Gasteiger partial charge in [-0.15, -0.1) is 0 Å². The van der Waals surface area contributed by atoms with Gasteiger partial charge in [0, 0.05) is 0 Å². The number of carbonyl (C=O) groups is 1. The molecule has 9 heteroatoms. The second-order valence-electron chi connectivity index (χ2n) is 5.00. The minimum atomic E-state index is -5.50. The average Bonchev–Trinajstić information content (AvgIpc) is 2.50. The topological polar surface area (TPSA) is 63.2 Å². The molecule has 4 nitrogen and oxygen atoms in total. The predicted molar refractivity (Wildman–Crippen MR) is 87.0 cm³/mol. The molecule has 2 rings (SSSR count). The maximum absolute atomic E-state index is 12.6. The number of carbonyl (C=O) groups excluding carboxylic acids is 1. The van der Waals surface area contributed by atoms with Crippen LogP contribution in [0.5, 0.6) is 0 Å². The van der Waals surface area contributed by atoms with Gasteiger partial charge in [0.25, 0.3) is 0 Å². The molecule has 1 amide bonds. The molecule has 0 saturated heterocycles. The number of hydrogen-bond donors (Lipinski definition) is 1. The van der Waals surface area contributed by atoms with Gasteiger partial charge in [0.15, 0.2) is 0 Å². The summed E-state index contributed by atoms with van der Waals surface area (Å²) in [6.45, 7) is 1.91. The number of amides is 1. The van der Waals surface area contributed by atoms with Crippen molar-refractivity contribution in [1.29, 1.82) is 0 Å². The van der Waals surface area contributed by atoms with Crippen LogP contribution in [0.25, 0.3) is 0 Å². The van der Waals surface area contributed by atoms with E-state index in [4.69, 9.17) is 0 Å². The van der Waals surface area contributed by atoms with E-state index in [1.54, 1.807) is 18.2 Å². The average molecular weight is 419 g/mol. The number of anilines is 1. The first kappa shape index (κ1) is 18.5. The van der Waals surface area contributed by atoms with E-state index in [2.05, 4.69) is 5.32 Å². The van der Waals surface area contributed by atoms with E-state index in [-0.39, 0.29) is 5.56 Å². The zero-order valence-corrected chi connectivity index (χ0v) is 15.6. The summed E-state index contributed by atoms with van der Waals surface area (Å²) in [5.74, 6) is -0.690. The van der Waals surface area contributed by atoms with E-state index in [9.17, 15) is 26.4 Å². The Hall–Kier alpha value is -1.79. The molecule has 1 unspecified atom stereocenters. The molecule has 0 saturated carbocycles. The Morgan fingerprint density at radius 1 is 1.12 bits per heavy atom. The zero-order valence-electron chi connectivity index (χ0n) is 12.4. The first-order valence-electron chi connectivity index (χ1n) is 6.61. The van der Waals surface area contributed by atoms with Crippen LogP contribution < -0.4 is 9.67 Å². The van der Waals surface area contributed by atoms with Crippen LogP contribution in [0, 0.1) is 6.92 Å². The standard InChI is InChI=1S/C15H13AsF3NO3S/c1-9-5-6-11(8-13(9)16)20-14(21)10-3-2-4-12(7-10)24(22,23)15(17,18)19/h2-8H,16H2,1H3,(H,20,21). The Labute approximate surface area is 145 Å². The van der Waals surface area contributed by atoms with E-state index in [1.165, 1.54) is 22.9 Å². The molecule has 0 heterocycles. The van der Waals surface area contributed by atoms with Crippen LogP contribution in [0.4, 0.5) is 18.9 Å². The summed E-state index contributed by atoms with van der Waals surface area (Å²) in [7, 11) is -5.50. The number of alkyl halides is 3. The molecule has 0 aliphatic heterocycles. The van der Waals surface area contributed by atoms with Gasteiger partial charge in [-0.1, -0.05) is 0 Å². The molecule has 0 bridgehead atoms. The van der Waals surface area contributed by atoms with E-state index in [0.29, 0.717) is 11.8 Å². The predicted octanol–water partition coefficient (Wildman–Crippen LogP) is 1.80. The maximum atomic E-state index is 12.6. The van der Waals surface area contributed by atoms with E-state index in [0.717, 1.165) is 22.0 Å². The van der Waals surface area contributed by atoms with Crippen molar-refractivity contribution in [1.82, 2.24) is 0 Å². The van der Waals surface area contributed by atoms with Gasteiger partial charge < -0.3 is 0 Å². The van der Waals surface area contributed by atoms with Crippen molar-refractivity contribution in [3.8, 4) is 0 Å². The number of nitrogens with one attached hydrogen (secondary N) is 1. The summed E-state index contributed by atoms with van der Waals surface area (Å²) in [4.78, 5) is 11.2. The van der Waals surface area contributed by atoms with E-state index < -0.39 is 26.1 Å². The van der Waals surface area contributed by atoms with Crippen LogP contribution in [0.3, 0.4) is 0 Å². The number of aryl methyl sites for hydroxylation is 1. The van der Waals surface area contributed by atoms with Crippen LogP contribution in [0.1, 0.15) is 15.9 Å². The second kappa shape index (κ2) is 6.61. The summed E-state index contributed by atoms with van der Waals surface area (Å²) >= 11 is 1.37. The fourth-order valence-electron chi connectivity index (χ4n) is 1.86. The molecule has 1 N–H and O–H groups in total. The normalized spacial score (nSPS) is 12.0. The molecule has 1 atom stereocenters. The molecule has 2 aromatic rings. The summed E-state index contributed by atoms with van der Waals surface area (Å²) in [6, 6.07) is 9.06. The number of sulfone groups is 1. The van der Waals surface area contributed by atoms with Gasteiger partial charge in [0.1, 0.15) is 0 Å². The number of halogens is 3. The summed E-state index contributed by atoms with van der Waals surface area (Å²) in [5, 5.41) is 2.54. The molecule has 2 aromatic carbocycles. The molecule has 128 valence electrons. The Morgan fingerprint density at radius 2 is 1.79 bits per heavy atom. The monoisotopic (exact) mass is 419 g/mol. The van der Waals surface area contributed by atoms with Crippen molar-refractivity contribution < 1.29 is 26.4 Å². The third-order valence-electron chi connectivity index (χ3n) is 3.25. The second-order valence-corrected chi connectivity index (χ2v) is 8.25. The van der Waals surface area contributed by atoms with Gasteiger partial charge in [0.2, 0.25) is 0 Å². The Morgan fingerprint density at radius 3 is 2.38 bits per heavy atom. The van der Waals surface area contributed by atoms with Crippen molar-refractivity contribution in [2.45, 2.75) is 17.3 Å². The van der Waals surface area contributed by atoms with Crippen LogP contribution >= 0.6 is 0 Å². The first-order chi connectivity index (χ1) is 11.0. The van der Waals surface area contributed by atoms with Crippen molar-refractivity contribution >= 4 is 42.6 Å². The number of rotatable bonds is 3. The van der Waals surface area contributed by atoms with Crippen molar-refractivity contribution in [2.75, 3.05) is 5.32 Å². The molecule has 0 radical (unpaired) electrons. The van der Waals surface area contributed by atoms with Gasteiger partial charge in [-0.05, 0) is 0 Å². The fourth-order valence-corrected chi connectivity index (χ4v) is 3.25. The summed E-state index contributed by atoms with van der Waals surface area (Å²) in [5.41, 5.74) is -4.07. The number of hydrogen-bond acceptors (Lipinski definition) is 3. The first-order valence-corrected chi connectivity index (χ1v) is 9.31. The van der Waals surface area contributed by atoms with Crippen LogP contribution in [0.2, 0.25) is 0 Å². The third-order valence-corrected chi connectivity index (χ3v) is 6.04. The van der Waals surface area contributed by atoms with Crippen molar-refractivity contribution in [2.24, 2.45) is 0 Å². The van der Waals surface area contributed by atoms with Crippen LogP contribution in [0.15, 0.2) is 47.4 Å². The van der Waals surface area contributed by atoms with Crippen molar-refractivity contribution in [3.63, 3.8) is 0 Å². The summed E-state index contributed by atoms with van der Waals surface area (Å²) in [6.07, 6.45) is 0.